The Kier molecular flexibility index (Phi) is 7.79. The van der Waals surface area contributed by atoms with E-state index in [1.807, 2.05) is 0 Å². The quantitative estimate of drug-likeness (QED) is 0.297. The van der Waals surface area contributed by atoms with Crippen LogP contribution in [0.2, 0.25) is 0 Å². The highest BCUT2D eigenvalue weighted by Gasteiger charge is 2.50. The van der Waals surface area contributed by atoms with Crippen LogP contribution in [0, 0.1) is 5.92 Å². The van der Waals surface area contributed by atoms with Gasteiger partial charge < -0.3 is 19.5 Å². The summed E-state index contributed by atoms with van der Waals surface area (Å²) in [7, 11) is -4.19. The number of hydrogen-bond donors (Lipinski definition) is 3. The van der Waals surface area contributed by atoms with Crippen LogP contribution in [0.15, 0.2) is 53.4 Å². The van der Waals surface area contributed by atoms with Crippen molar-refractivity contribution in [3.05, 3.63) is 54.1 Å². The normalized spacial score (nSPS) is 19.4. The number of carbonyl (C=O) groups excluding carboxylic acids is 4. The molecule has 0 spiro atoms. The largest absolute Gasteiger partial charge is 0.486 e. The van der Waals surface area contributed by atoms with Gasteiger partial charge in [0, 0.05) is 6.07 Å². The van der Waals surface area contributed by atoms with Gasteiger partial charge in [-0.05, 0) is 30.5 Å². The highest BCUT2D eigenvalue weighted by Crippen LogP contribution is 2.32. The van der Waals surface area contributed by atoms with Crippen molar-refractivity contribution in [2.75, 3.05) is 19.8 Å². The predicted octanol–water partition coefficient (Wildman–Crippen LogP) is 0.802. The van der Waals surface area contributed by atoms with Crippen LogP contribution < -0.4 is 24.9 Å². The maximum absolute atomic E-state index is 13.0. The lowest BCUT2D eigenvalue weighted by Gasteiger charge is -2.23. The Bertz CT molecular complexity index is 1400. The van der Waals surface area contributed by atoms with E-state index in [4.69, 9.17) is 14.2 Å². The third-order valence-electron chi connectivity index (χ3n) is 6.15. The molecule has 13 nitrogen and oxygen atoms in total. The highest BCUT2D eigenvalue weighted by molar-refractivity contribution is 7.89. The molecule has 3 N–H and O–H groups in total. The molecule has 2 heterocycles. The minimum Gasteiger partial charge on any atom is -0.486 e. The van der Waals surface area contributed by atoms with E-state index < -0.39 is 57.9 Å². The minimum absolute atomic E-state index is 0.150. The molecule has 0 bridgehead atoms. The summed E-state index contributed by atoms with van der Waals surface area (Å²) in [5.41, 5.74) is 1.23. The number of amides is 4. The first-order valence-electron chi connectivity index (χ1n) is 12.0. The van der Waals surface area contributed by atoms with Crippen molar-refractivity contribution in [2.24, 2.45) is 5.92 Å². The van der Waals surface area contributed by atoms with Crippen LogP contribution >= 0.6 is 0 Å². The van der Waals surface area contributed by atoms with Gasteiger partial charge in [-0.2, -0.15) is 9.73 Å². The summed E-state index contributed by atoms with van der Waals surface area (Å²) in [4.78, 5) is 50.4. The van der Waals surface area contributed by atoms with Crippen LogP contribution in [-0.4, -0.2) is 63.1 Å². The van der Waals surface area contributed by atoms with Crippen molar-refractivity contribution < 1.29 is 41.8 Å². The van der Waals surface area contributed by atoms with Gasteiger partial charge in [-0.3, -0.25) is 19.8 Å². The van der Waals surface area contributed by atoms with Crippen LogP contribution in [0.1, 0.15) is 26.3 Å². The molecule has 1 fully saturated rings. The first-order valence-corrected chi connectivity index (χ1v) is 13.5. The Labute approximate surface area is 224 Å². The number of fused-ring (bicyclic) bond motifs is 1. The number of urea groups is 1. The fourth-order valence-corrected chi connectivity index (χ4v) is 5.32. The van der Waals surface area contributed by atoms with Gasteiger partial charge >= 0.3 is 12.0 Å². The van der Waals surface area contributed by atoms with Gasteiger partial charge in [0.05, 0.1) is 4.90 Å². The average molecular weight is 561 g/mol. The number of nitrogens with one attached hydrogen (secondary N) is 3. The summed E-state index contributed by atoms with van der Waals surface area (Å²) in [5.74, 6) is -2.61. The van der Waals surface area contributed by atoms with Crippen molar-refractivity contribution in [3.8, 4) is 11.5 Å². The lowest BCUT2D eigenvalue weighted by molar-refractivity contribution is -0.152. The van der Waals surface area contributed by atoms with Crippen LogP contribution in [0.25, 0.3) is 0 Å². The number of rotatable bonds is 9. The molecule has 0 radical (unpaired) electrons. The summed E-state index contributed by atoms with van der Waals surface area (Å²) < 4.78 is 44.1. The molecular formula is C25H28N4O9S. The summed E-state index contributed by atoms with van der Waals surface area (Å²) in [5, 5.41) is 3.04. The number of benzene rings is 2. The smallest absolute Gasteiger partial charge is 0.344 e. The molecule has 2 aromatic carbocycles. The predicted molar refractivity (Wildman–Crippen MR) is 135 cm³/mol. The van der Waals surface area contributed by atoms with Gasteiger partial charge in [0.25, 0.3) is 11.8 Å². The summed E-state index contributed by atoms with van der Waals surface area (Å²) in [6.07, 6.45) is 0. The van der Waals surface area contributed by atoms with E-state index in [2.05, 4.69) is 15.5 Å². The SMILES string of the molecule is CC(C)[C@H](NS(=O)(=O)c1ccc2c(c1)OCCO2)C(=O)OCC(=O)NN1C(=O)N[C@](C)(c2ccccc2)C1=O. The summed E-state index contributed by atoms with van der Waals surface area (Å²) in [6, 6.07) is 10.3. The first-order chi connectivity index (χ1) is 18.4. The lowest BCUT2D eigenvalue weighted by Crippen LogP contribution is -2.50. The van der Waals surface area contributed by atoms with Crippen LogP contribution in [0.3, 0.4) is 0 Å². The van der Waals surface area contributed by atoms with E-state index in [-0.39, 0.29) is 17.3 Å². The molecule has 39 heavy (non-hydrogen) atoms. The van der Waals surface area contributed by atoms with Crippen molar-refractivity contribution in [1.82, 2.24) is 20.5 Å². The van der Waals surface area contributed by atoms with Crippen molar-refractivity contribution in [3.63, 3.8) is 0 Å². The Morgan fingerprint density at radius 3 is 2.41 bits per heavy atom. The van der Waals surface area contributed by atoms with Crippen molar-refractivity contribution in [2.45, 2.75) is 37.2 Å². The molecule has 0 aromatic heterocycles. The standard InChI is InChI=1S/C25H28N4O9S/c1-15(2)21(28-39(34,35)17-9-10-18-19(13-17)37-12-11-36-18)22(31)38-14-20(30)27-29-23(32)25(3,26-24(29)33)16-7-5-4-6-8-16/h4-10,13,15,21,28H,11-12,14H2,1-3H3,(H,26,33)(H,27,30)/t21-,25+/m0/s1. The maximum atomic E-state index is 13.0. The molecule has 0 saturated carbocycles. The molecule has 2 aliphatic heterocycles. The average Bonchev–Trinajstić information content (AvgIpc) is 3.14. The second kappa shape index (κ2) is 10.9. The van der Waals surface area contributed by atoms with Crippen LogP contribution in [0.5, 0.6) is 11.5 Å². The second-order valence-electron chi connectivity index (χ2n) is 9.35. The topological polar surface area (TPSA) is 169 Å². The zero-order chi connectivity index (χ0) is 28.4. The van der Waals surface area contributed by atoms with Gasteiger partial charge in [0.15, 0.2) is 18.1 Å². The number of hydrazine groups is 1. The van der Waals surface area contributed by atoms with E-state index >= 15 is 0 Å². The summed E-state index contributed by atoms with van der Waals surface area (Å²) in [6.45, 7) is 4.42. The van der Waals surface area contributed by atoms with Gasteiger partial charge in [0.1, 0.15) is 24.8 Å². The molecular weight excluding hydrogens is 532 g/mol. The molecule has 4 rings (SSSR count). The minimum atomic E-state index is -4.19. The number of imide groups is 1. The van der Waals surface area contributed by atoms with Crippen molar-refractivity contribution in [1.29, 1.82) is 0 Å². The molecule has 0 unspecified atom stereocenters. The first kappa shape index (κ1) is 27.9. The molecule has 4 amide bonds. The number of ether oxygens (including phenoxy) is 3. The van der Waals surface area contributed by atoms with Crippen LogP contribution in [0.4, 0.5) is 4.79 Å². The zero-order valence-electron chi connectivity index (χ0n) is 21.4. The van der Waals surface area contributed by atoms with E-state index in [1.165, 1.54) is 25.1 Å². The molecule has 2 aliphatic rings. The molecule has 2 atom stereocenters. The van der Waals surface area contributed by atoms with Gasteiger partial charge in [-0.15, -0.1) is 0 Å². The number of nitrogens with zero attached hydrogens (tertiary/aromatic N) is 1. The molecule has 2 aromatic rings. The molecule has 14 heteroatoms. The van der Waals surface area contributed by atoms with E-state index in [1.54, 1.807) is 44.2 Å². The highest BCUT2D eigenvalue weighted by atomic mass is 32.2. The number of hydrogen-bond acceptors (Lipinski definition) is 9. The van der Waals surface area contributed by atoms with Crippen molar-refractivity contribution >= 4 is 33.8 Å². The number of sulfonamides is 1. The van der Waals surface area contributed by atoms with E-state index in [9.17, 15) is 27.6 Å². The number of carbonyl (C=O) groups is 4. The molecule has 0 aliphatic carbocycles. The van der Waals surface area contributed by atoms with Gasteiger partial charge in [0.2, 0.25) is 10.0 Å². The molecule has 208 valence electrons. The van der Waals surface area contributed by atoms with Crippen LogP contribution in [-0.2, 0) is 34.7 Å². The third-order valence-corrected chi connectivity index (χ3v) is 7.59. The fraction of sp³-hybridized carbons (Fsp3) is 0.360. The fourth-order valence-electron chi connectivity index (χ4n) is 3.97. The third kappa shape index (κ3) is 5.81. The Morgan fingerprint density at radius 1 is 1.08 bits per heavy atom. The number of esters is 1. The monoisotopic (exact) mass is 560 g/mol. The van der Waals surface area contributed by atoms with E-state index in [0.717, 1.165) is 0 Å². The summed E-state index contributed by atoms with van der Waals surface area (Å²) >= 11 is 0. The van der Waals surface area contributed by atoms with E-state index in [0.29, 0.717) is 22.9 Å². The van der Waals surface area contributed by atoms with Gasteiger partial charge in [-0.1, -0.05) is 44.2 Å². The molecule has 1 saturated heterocycles. The Balaban J connectivity index is 1.37. The Hall–Kier alpha value is -4.17. The zero-order valence-corrected chi connectivity index (χ0v) is 22.2. The Morgan fingerprint density at radius 2 is 1.74 bits per heavy atom. The lowest BCUT2D eigenvalue weighted by atomic mass is 9.92. The second-order valence-corrected chi connectivity index (χ2v) is 11.1. The van der Waals surface area contributed by atoms with Gasteiger partial charge in [-0.25, -0.2) is 13.2 Å². The maximum Gasteiger partial charge on any atom is 0.344 e.